The number of nitrogens with zero attached hydrogens (tertiary/aromatic N) is 4. The number of amides is 1. The lowest BCUT2D eigenvalue weighted by molar-refractivity contribution is -0.132. The molecule has 2 heterocycles. The van der Waals surface area contributed by atoms with Crippen LogP contribution in [0, 0.1) is 35.4 Å². The molecule has 5 unspecified atom stereocenters. The maximum absolute atomic E-state index is 13.5. The normalized spacial score (nSPS) is 24.1. The van der Waals surface area contributed by atoms with Crippen molar-refractivity contribution < 1.29 is 18.7 Å². The zero-order valence-electron chi connectivity index (χ0n) is 28.8. The molecule has 6 rings (SSSR count). The van der Waals surface area contributed by atoms with E-state index in [9.17, 15) is 9.18 Å². The molecule has 3 fully saturated rings. The minimum absolute atomic E-state index is 0.109. The first-order valence-electron chi connectivity index (χ1n) is 17.3. The molecule has 10 heteroatoms. The van der Waals surface area contributed by atoms with Crippen LogP contribution in [0.3, 0.4) is 0 Å². The lowest BCUT2D eigenvalue weighted by Gasteiger charge is -2.45. The highest BCUT2D eigenvalue weighted by molar-refractivity contribution is 5.91. The Morgan fingerprint density at radius 2 is 1.68 bits per heavy atom. The number of aromatic nitrogens is 2. The number of hydrogen-bond acceptors (Lipinski definition) is 8. The van der Waals surface area contributed by atoms with Crippen LogP contribution in [0.25, 0.3) is 10.9 Å². The average molecular weight is 649 g/mol. The molecular weight excluding hydrogens is 595 g/mol. The van der Waals surface area contributed by atoms with Crippen molar-refractivity contribution in [1.29, 1.82) is 0 Å². The van der Waals surface area contributed by atoms with Crippen LogP contribution in [0.15, 0.2) is 36.4 Å². The van der Waals surface area contributed by atoms with Gasteiger partial charge in [-0.3, -0.25) is 4.79 Å². The number of benzene rings is 2. The Balaban J connectivity index is 0.00000139. The summed E-state index contributed by atoms with van der Waals surface area (Å²) in [6.45, 7) is 9.27. The maximum atomic E-state index is 13.5. The highest BCUT2D eigenvalue weighted by Crippen LogP contribution is 2.51. The third kappa shape index (κ3) is 7.74. The number of piperazine rings is 1. The Morgan fingerprint density at radius 3 is 2.32 bits per heavy atom. The van der Waals surface area contributed by atoms with Gasteiger partial charge >= 0.3 is 0 Å². The van der Waals surface area contributed by atoms with E-state index in [1.165, 1.54) is 37.8 Å². The Morgan fingerprint density at radius 1 is 1.00 bits per heavy atom. The summed E-state index contributed by atoms with van der Waals surface area (Å²) in [7, 11) is 3.21. The van der Waals surface area contributed by atoms with Crippen molar-refractivity contribution in [2.45, 2.75) is 71.8 Å². The summed E-state index contributed by atoms with van der Waals surface area (Å²) in [4.78, 5) is 27.6. The standard InChI is InChI=1S/C35H46FN5O3.C2H7N/c1-21(2)26-12-13-27(26)23-8-9-24(17-23)30-20-40(33(42)14-7-22-5-10-25(36)11-6-22)15-16-41(30)35-38-29-19-32(44-4)31(43-3)18-28(29)34(37)39-35;1-2-3/h5-6,10-11,18-19,21,23-24,26-27,30H,7-9,12-17,20H2,1-4H3,(H2,37,38,39);2-3H2,1H3. The predicted molar refractivity (Wildman–Crippen MR) is 186 cm³/mol. The van der Waals surface area contributed by atoms with Crippen LogP contribution in [-0.2, 0) is 11.2 Å². The number of nitrogen functional groups attached to an aromatic ring is 1. The number of ether oxygens (including phenoxy) is 2. The summed E-state index contributed by atoms with van der Waals surface area (Å²) >= 11 is 0. The van der Waals surface area contributed by atoms with Gasteiger partial charge in [-0.1, -0.05) is 32.9 Å². The fourth-order valence-electron chi connectivity index (χ4n) is 8.10. The molecule has 1 aliphatic heterocycles. The molecule has 2 saturated carbocycles. The van der Waals surface area contributed by atoms with Gasteiger partial charge in [0.25, 0.3) is 0 Å². The number of aryl methyl sites for hydroxylation is 1. The van der Waals surface area contributed by atoms with Crippen LogP contribution in [0.1, 0.15) is 64.9 Å². The highest BCUT2D eigenvalue weighted by atomic mass is 19.1. The second-order valence-electron chi connectivity index (χ2n) is 13.8. The smallest absolute Gasteiger partial charge is 0.228 e. The first kappa shape index (κ1) is 34.7. The average Bonchev–Trinajstić information content (AvgIpc) is 3.52. The lowest BCUT2D eigenvalue weighted by atomic mass is 9.62. The summed E-state index contributed by atoms with van der Waals surface area (Å²) in [5.74, 6) is 5.66. The quantitative estimate of drug-likeness (QED) is 0.287. The summed E-state index contributed by atoms with van der Waals surface area (Å²) in [6, 6.07) is 10.2. The van der Waals surface area contributed by atoms with Crippen molar-refractivity contribution in [2.24, 2.45) is 35.3 Å². The van der Waals surface area contributed by atoms with Gasteiger partial charge in [-0.2, -0.15) is 4.98 Å². The molecular formula is C37H53FN6O3. The molecule has 47 heavy (non-hydrogen) atoms. The highest BCUT2D eigenvalue weighted by Gasteiger charge is 2.45. The molecule has 2 aromatic carbocycles. The van der Waals surface area contributed by atoms with Crippen molar-refractivity contribution in [3.63, 3.8) is 0 Å². The van der Waals surface area contributed by atoms with Gasteiger partial charge in [0.15, 0.2) is 11.5 Å². The first-order chi connectivity index (χ1) is 22.7. The largest absolute Gasteiger partial charge is 0.493 e. The minimum atomic E-state index is -0.260. The van der Waals surface area contributed by atoms with E-state index >= 15 is 0 Å². The van der Waals surface area contributed by atoms with Crippen molar-refractivity contribution in [3.05, 3.63) is 47.8 Å². The van der Waals surface area contributed by atoms with Gasteiger partial charge in [-0.25, -0.2) is 9.37 Å². The lowest BCUT2D eigenvalue weighted by Crippen LogP contribution is -2.58. The van der Waals surface area contributed by atoms with Gasteiger partial charge in [0.05, 0.1) is 25.8 Å². The number of carbonyl (C=O) groups is 1. The van der Waals surface area contributed by atoms with Gasteiger partial charge in [-0.15, -0.1) is 0 Å². The molecule has 4 N–H and O–H groups in total. The van der Waals surface area contributed by atoms with E-state index in [0.717, 1.165) is 47.6 Å². The zero-order valence-corrected chi connectivity index (χ0v) is 28.8. The number of fused-ring (bicyclic) bond motifs is 1. The maximum Gasteiger partial charge on any atom is 0.228 e. The van der Waals surface area contributed by atoms with Crippen LogP contribution in [-0.4, -0.2) is 67.2 Å². The number of hydrogen-bond donors (Lipinski definition) is 2. The third-order valence-electron chi connectivity index (χ3n) is 10.7. The molecule has 1 amide bonds. The molecule has 1 aromatic heterocycles. The Bertz CT molecular complexity index is 1500. The van der Waals surface area contributed by atoms with Gasteiger partial charge < -0.3 is 30.7 Å². The van der Waals surface area contributed by atoms with E-state index in [4.69, 9.17) is 30.9 Å². The number of anilines is 2. The molecule has 256 valence electrons. The summed E-state index contributed by atoms with van der Waals surface area (Å²) < 4.78 is 24.4. The Labute approximate surface area is 279 Å². The topological polar surface area (TPSA) is 120 Å². The van der Waals surface area contributed by atoms with Crippen molar-refractivity contribution >= 4 is 28.6 Å². The summed E-state index contributed by atoms with van der Waals surface area (Å²) in [6.07, 6.45) is 7.29. The van der Waals surface area contributed by atoms with Gasteiger partial charge in [0.2, 0.25) is 11.9 Å². The fraction of sp³-hybridized carbons (Fsp3) is 0.595. The van der Waals surface area contributed by atoms with Crippen molar-refractivity contribution in [1.82, 2.24) is 14.9 Å². The number of carbonyl (C=O) groups excluding carboxylic acids is 1. The van der Waals surface area contributed by atoms with Crippen LogP contribution < -0.4 is 25.8 Å². The Kier molecular flexibility index (Phi) is 11.4. The SMILES string of the molecule is CCN.COc1cc2nc(N3CCN(C(=O)CCc4ccc(F)cc4)CC3C3CCC(C4CCC4C(C)C)C3)nc(N)c2cc1OC. The molecule has 2 aliphatic carbocycles. The monoisotopic (exact) mass is 648 g/mol. The molecule has 3 aromatic rings. The fourth-order valence-corrected chi connectivity index (χ4v) is 8.10. The molecule has 1 saturated heterocycles. The predicted octanol–water partition coefficient (Wildman–Crippen LogP) is 6.08. The molecule has 0 radical (unpaired) electrons. The van der Waals surface area contributed by atoms with Crippen molar-refractivity contribution in [3.8, 4) is 11.5 Å². The van der Waals surface area contributed by atoms with E-state index in [1.807, 2.05) is 24.0 Å². The van der Waals surface area contributed by atoms with Crippen LogP contribution in [0.5, 0.6) is 11.5 Å². The van der Waals surface area contributed by atoms with Crippen LogP contribution >= 0.6 is 0 Å². The van der Waals surface area contributed by atoms with Crippen molar-refractivity contribution in [2.75, 3.05) is 51.0 Å². The number of nitrogens with two attached hydrogens (primary N) is 2. The van der Waals surface area contributed by atoms with E-state index < -0.39 is 0 Å². The van der Waals surface area contributed by atoms with E-state index in [2.05, 4.69) is 18.7 Å². The molecule has 0 bridgehead atoms. The Hall–Kier alpha value is -3.66. The van der Waals surface area contributed by atoms with Crippen LogP contribution in [0.2, 0.25) is 0 Å². The number of methoxy groups -OCH3 is 2. The van der Waals surface area contributed by atoms with E-state index in [1.54, 1.807) is 26.4 Å². The molecule has 5 atom stereocenters. The summed E-state index contributed by atoms with van der Waals surface area (Å²) in [5.41, 5.74) is 13.1. The molecule has 9 nitrogen and oxygen atoms in total. The second-order valence-corrected chi connectivity index (χ2v) is 13.8. The van der Waals surface area contributed by atoms with Gasteiger partial charge in [-0.05, 0) is 98.4 Å². The molecule has 0 spiro atoms. The second kappa shape index (κ2) is 15.5. The minimum Gasteiger partial charge on any atom is -0.493 e. The number of rotatable bonds is 9. The third-order valence-corrected chi connectivity index (χ3v) is 10.7. The van der Waals surface area contributed by atoms with Crippen LogP contribution in [0.4, 0.5) is 16.2 Å². The first-order valence-corrected chi connectivity index (χ1v) is 17.3. The van der Waals surface area contributed by atoms with E-state index in [0.29, 0.717) is 67.2 Å². The van der Waals surface area contributed by atoms with Gasteiger partial charge in [0.1, 0.15) is 11.6 Å². The number of halogens is 1. The zero-order chi connectivity index (χ0) is 33.7. The molecule has 3 aliphatic rings. The van der Waals surface area contributed by atoms with Gasteiger partial charge in [0, 0.05) is 37.5 Å². The van der Waals surface area contributed by atoms with E-state index in [-0.39, 0.29) is 17.8 Å². The summed E-state index contributed by atoms with van der Waals surface area (Å²) in [5, 5.41) is 0.725.